The Hall–Kier alpha value is -2.18. The fraction of sp³-hybridized carbons (Fsp3) is 0.474. The van der Waals surface area contributed by atoms with Gasteiger partial charge in [0.25, 0.3) is 0 Å². The Kier molecular flexibility index (Phi) is 5.83. The smallest absolute Gasteiger partial charge is 0.224 e. The number of amides is 1. The van der Waals surface area contributed by atoms with Crippen molar-refractivity contribution in [2.45, 2.75) is 32.4 Å². The van der Waals surface area contributed by atoms with Crippen LogP contribution < -0.4 is 5.32 Å². The summed E-state index contributed by atoms with van der Waals surface area (Å²) in [6.45, 7) is 6.86. The maximum absolute atomic E-state index is 12.4. The monoisotopic (exact) mass is 342 g/mol. The molecule has 6 nitrogen and oxygen atoms in total. The molecule has 1 saturated heterocycles. The van der Waals surface area contributed by atoms with Crippen molar-refractivity contribution in [3.63, 3.8) is 0 Å². The molecule has 1 aliphatic rings. The number of carbonyl (C=O) groups excluding carboxylic acids is 1. The number of rotatable bonds is 6. The van der Waals surface area contributed by atoms with Gasteiger partial charge in [-0.3, -0.25) is 4.79 Å². The molecule has 1 N–H and O–H groups in total. The summed E-state index contributed by atoms with van der Waals surface area (Å²) in [4.78, 5) is 14.3. The number of hydrogen-bond donors (Lipinski definition) is 1. The molecule has 1 aromatic carbocycles. The minimum absolute atomic E-state index is 0.0935. The molecule has 25 heavy (non-hydrogen) atoms. The molecule has 1 aromatic heterocycles. The average Bonchev–Trinajstić information content (AvgIpc) is 3.17. The highest BCUT2D eigenvalue weighted by atomic mass is 16.5. The van der Waals surface area contributed by atoms with Crippen LogP contribution in [0.1, 0.15) is 31.9 Å². The van der Waals surface area contributed by atoms with Gasteiger partial charge in [0.05, 0.1) is 18.9 Å². The lowest BCUT2D eigenvalue weighted by Crippen LogP contribution is -2.43. The number of nitrogens with one attached hydrogen (secondary N) is 1. The van der Waals surface area contributed by atoms with Crippen LogP contribution in [0, 0.1) is 0 Å². The molecule has 3 rings (SSSR count). The molecule has 2 atom stereocenters. The Morgan fingerprint density at radius 3 is 2.72 bits per heavy atom. The second-order valence-electron chi connectivity index (χ2n) is 6.50. The van der Waals surface area contributed by atoms with Gasteiger partial charge < -0.3 is 15.0 Å². The molecule has 2 aromatic rings. The highest BCUT2D eigenvalue weighted by molar-refractivity contribution is 5.76. The van der Waals surface area contributed by atoms with Crippen molar-refractivity contribution in [1.82, 2.24) is 20.0 Å². The van der Waals surface area contributed by atoms with Crippen molar-refractivity contribution in [3.8, 4) is 5.69 Å². The third-order valence-electron chi connectivity index (χ3n) is 4.53. The molecule has 1 fully saturated rings. The van der Waals surface area contributed by atoms with Crippen LogP contribution in [-0.2, 0) is 9.53 Å². The van der Waals surface area contributed by atoms with Gasteiger partial charge in [-0.25, -0.2) is 4.68 Å². The number of nitrogens with zero attached hydrogens (tertiary/aromatic N) is 3. The van der Waals surface area contributed by atoms with Gasteiger partial charge in [0.2, 0.25) is 5.91 Å². The number of ether oxygens (including phenoxy) is 1. The van der Waals surface area contributed by atoms with Crippen LogP contribution in [0.5, 0.6) is 0 Å². The molecule has 0 bridgehead atoms. The van der Waals surface area contributed by atoms with Crippen molar-refractivity contribution in [3.05, 3.63) is 48.3 Å². The molecule has 0 radical (unpaired) electrons. The van der Waals surface area contributed by atoms with Crippen molar-refractivity contribution < 1.29 is 9.53 Å². The Morgan fingerprint density at radius 1 is 1.24 bits per heavy atom. The number of morpholine rings is 1. The third kappa shape index (κ3) is 4.46. The molecule has 0 spiro atoms. The number of hydrogen-bond acceptors (Lipinski definition) is 4. The highest BCUT2D eigenvalue weighted by Crippen LogP contribution is 2.21. The SMILES string of the molecule is C[C@@H](CC(=O)N1CCOCC1)N[C@H](C)c1ccccc1-n1cccn1. The summed E-state index contributed by atoms with van der Waals surface area (Å²) in [5.74, 6) is 0.191. The summed E-state index contributed by atoms with van der Waals surface area (Å²) in [7, 11) is 0. The summed E-state index contributed by atoms with van der Waals surface area (Å²) in [5.41, 5.74) is 2.22. The molecular formula is C19H26N4O2. The minimum Gasteiger partial charge on any atom is -0.378 e. The first-order chi connectivity index (χ1) is 12.1. The number of aromatic nitrogens is 2. The van der Waals surface area contributed by atoms with E-state index in [1.54, 1.807) is 6.20 Å². The van der Waals surface area contributed by atoms with E-state index >= 15 is 0 Å². The molecule has 2 heterocycles. The highest BCUT2D eigenvalue weighted by Gasteiger charge is 2.21. The van der Waals surface area contributed by atoms with E-state index in [1.807, 2.05) is 34.0 Å². The van der Waals surface area contributed by atoms with Gasteiger partial charge in [-0.1, -0.05) is 18.2 Å². The molecule has 0 saturated carbocycles. The topological polar surface area (TPSA) is 59.4 Å². The van der Waals surface area contributed by atoms with Gasteiger partial charge in [0, 0.05) is 44.0 Å². The first kappa shape index (κ1) is 17.6. The van der Waals surface area contributed by atoms with Crippen LogP contribution in [0.2, 0.25) is 0 Å². The second kappa shape index (κ2) is 8.27. The number of carbonyl (C=O) groups is 1. The van der Waals surface area contributed by atoms with E-state index in [-0.39, 0.29) is 18.0 Å². The average molecular weight is 342 g/mol. The second-order valence-corrected chi connectivity index (χ2v) is 6.50. The predicted molar refractivity (Wildman–Crippen MR) is 96.6 cm³/mol. The van der Waals surface area contributed by atoms with Crippen LogP contribution in [0.25, 0.3) is 5.69 Å². The Morgan fingerprint density at radius 2 is 2.00 bits per heavy atom. The van der Waals surface area contributed by atoms with Crippen LogP contribution in [0.15, 0.2) is 42.7 Å². The number of benzene rings is 1. The molecule has 1 amide bonds. The fourth-order valence-electron chi connectivity index (χ4n) is 3.25. The largest absolute Gasteiger partial charge is 0.378 e. The maximum Gasteiger partial charge on any atom is 0.224 e. The van der Waals surface area contributed by atoms with Gasteiger partial charge >= 0.3 is 0 Å². The first-order valence-electron chi connectivity index (χ1n) is 8.85. The zero-order valence-electron chi connectivity index (χ0n) is 14.9. The van der Waals surface area contributed by atoms with Crippen LogP contribution in [0.4, 0.5) is 0 Å². The Bertz CT molecular complexity index is 680. The lowest BCUT2D eigenvalue weighted by molar-refractivity contribution is -0.135. The van der Waals surface area contributed by atoms with Gasteiger partial charge in [-0.2, -0.15) is 5.10 Å². The van der Waals surface area contributed by atoms with E-state index in [0.29, 0.717) is 32.7 Å². The number of para-hydroxylation sites is 1. The molecular weight excluding hydrogens is 316 g/mol. The summed E-state index contributed by atoms with van der Waals surface area (Å²) >= 11 is 0. The van der Waals surface area contributed by atoms with E-state index in [1.165, 1.54) is 0 Å². The molecule has 0 aliphatic carbocycles. The Balaban J connectivity index is 1.62. The zero-order chi connectivity index (χ0) is 17.6. The van der Waals surface area contributed by atoms with Crippen LogP contribution in [0.3, 0.4) is 0 Å². The van der Waals surface area contributed by atoms with Crippen molar-refractivity contribution >= 4 is 5.91 Å². The zero-order valence-corrected chi connectivity index (χ0v) is 14.9. The van der Waals surface area contributed by atoms with E-state index < -0.39 is 0 Å². The summed E-state index contributed by atoms with van der Waals surface area (Å²) < 4.78 is 7.18. The lowest BCUT2D eigenvalue weighted by atomic mass is 10.0. The van der Waals surface area contributed by atoms with Gasteiger partial charge in [0.1, 0.15) is 0 Å². The lowest BCUT2D eigenvalue weighted by Gasteiger charge is -2.29. The van der Waals surface area contributed by atoms with Gasteiger partial charge in [-0.15, -0.1) is 0 Å². The Labute approximate surface area is 148 Å². The van der Waals surface area contributed by atoms with Crippen LogP contribution >= 0.6 is 0 Å². The molecule has 6 heteroatoms. The summed E-state index contributed by atoms with van der Waals surface area (Å²) in [6, 6.07) is 10.3. The van der Waals surface area contributed by atoms with E-state index in [2.05, 4.69) is 36.4 Å². The normalized spacial score (nSPS) is 17.3. The van der Waals surface area contributed by atoms with Crippen molar-refractivity contribution in [2.75, 3.05) is 26.3 Å². The summed E-state index contributed by atoms with van der Waals surface area (Å²) in [5, 5.41) is 7.88. The molecule has 0 unspecified atom stereocenters. The minimum atomic E-state index is 0.0935. The van der Waals surface area contributed by atoms with Gasteiger partial charge in [-0.05, 0) is 31.5 Å². The quantitative estimate of drug-likeness (QED) is 0.874. The van der Waals surface area contributed by atoms with E-state index in [4.69, 9.17) is 4.74 Å². The summed E-state index contributed by atoms with van der Waals surface area (Å²) in [6.07, 6.45) is 4.21. The maximum atomic E-state index is 12.4. The third-order valence-corrected chi connectivity index (χ3v) is 4.53. The van der Waals surface area contributed by atoms with E-state index in [9.17, 15) is 4.79 Å². The molecule has 1 aliphatic heterocycles. The standard InChI is InChI=1S/C19H26N4O2/c1-15(14-19(24)22-10-12-25-13-11-22)21-16(2)17-6-3-4-7-18(17)23-9-5-8-20-23/h3-9,15-16,21H,10-14H2,1-2H3/t15-,16+/m0/s1. The van der Waals surface area contributed by atoms with Crippen molar-refractivity contribution in [2.24, 2.45) is 0 Å². The molecule has 134 valence electrons. The van der Waals surface area contributed by atoms with Gasteiger partial charge in [0.15, 0.2) is 0 Å². The first-order valence-corrected chi connectivity index (χ1v) is 8.85. The predicted octanol–water partition coefficient (Wildman–Crippen LogP) is 2.16. The van der Waals surface area contributed by atoms with Crippen molar-refractivity contribution in [1.29, 1.82) is 0 Å². The van der Waals surface area contributed by atoms with E-state index in [0.717, 1.165) is 11.3 Å². The fourth-order valence-corrected chi connectivity index (χ4v) is 3.25. The van der Waals surface area contributed by atoms with Crippen LogP contribution in [-0.4, -0.2) is 52.9 Å².